The molecule has 6 heteroatoms. The molecule has 1 aromatic heterocycles. The van der Waals surface area contributed by atoms with E-state index in [1.54, 1.807) is 0 Å². The normalized spacial score (nSPS) is 19.4. The summed E-state index contributed by atoms with van der Waals surface area (Å²) in [7, 11) is 0. The maximum absolute atomic E-state index is 9.54. The van der Waals surface area contributed by atoms with Gasteiger partial charge in [0.05, 0.1) is 6.10 Å². The van der Waals surface area contributed by atoms with Gasteiger partial charge in [0.15, 0.2) is 11.0 Å². The van der Waals surface area contributed by atoms with Crippen LogP contribution < -0.4 is 10.6 Å². The van der Waals surface area contributed by atoms with Gasteiger partial charge in [-0.05, 0) is 25.7 Å². The largest absolute Gasteiger partial charge is 0.393 e. The molecule has 1 aliphatic rings. The lowest BCUT2D eigenvalue weighted by atomic mass is 9.92. The molecular formula is C11H17ClN4O. The fourth-order valence-electron chi connectivity index (χ4n) is 2.21. The highest BCUT2D eigenvalue weighted by Gasteiger charge is 2.24. The molecule has 1 aliphatic heterocycles. The number of aliphatic hydroxyl groups is 1. The summed E-state index contributed by atoms with van der Waals surface area (Å²) < 4.78 is 0. The Hall–Kier alpha value is -1.07. The average Bonchev–Trinajstić information content (AvgIpc) is 2.33. The van der Waals surface area contributed by atoms with Crippen LogP contribution in [0.2, 0.25) is 5.15 Å². The van der Waals surface area contributed by atoms with E-state index in [1.807, 2.05) is 6.92 Å². The van der Waals surface area contributed by atoms with Crippen molar-refractivity contribution in [3.05, 3.63) is 11.5 Å². The third-order valence-corrected chi connectivity index (χ3v) is 3.64. The van der Waals surface area contributed by atoms with Gasteiger partial charge in [0.1, 0.15) is 12.0 Å². The second-order valence-electron chi connectivity index (χ2n) is 4.47. The third kappa shape index (κ3) is 2.61. The molecule has 0 spiro atoms. The number of hydrogen-bond acceptors (Lipinski definition) is 5. The number of halogens is 1. The highest BCUT2D eigenvalue weighted by molar-refractivity contribution is 6.32. The minimum absolute atomic E-state index is 0.247. The minimum Gasteiger partial charge on any atom is -0.393 e. The van der Waals surface area contributed by atoms with Crippen LogP contribution in [0.5, 0.6) is 0 Å². The van der Waals surface area contributed by atoms with Crippen molar-refractivity contribution < 1.29 is 5.11 Å². The smallest absolute Gasteiger partial charge is 0.157 e. The lowest BCUT2D eigenvalue weighted by Crippen LogP contribution is -2.37. The standard InChI is InChI=1S/C11H17ClN4O/c1-7(17)8-2-4-16(5-3-8)11-9(13)10(12)14-6-15-11/h6-8,17H,2-5,13H2,1H3. The number of rotatable bonds is 2. The second-order valence-corrected chi connectivity index (χ2v) is 4.82. The Balaban J connectivity index is 2.08. The molecule has 0 aromatic carbocycles. The Morgan fingerprint density at radius 1 is 1.47 bits per heavy atom. The molecule has 0 bridgehead atoms. The van der Waals surface area contributed by atoms with Gasteiger partial charge in [0.25, 0.3) is 0 Å². The van der Waals surface area contributed by atoms with Gasteiger partial charge in [-0.15, -0.1) is 0 Å². The lowest BCUT2D eigenvalue weighted by molar-refractivity contribution is 0.110. The SMILES string of the molecule is CC(O)C1CCN(c2ncnc(Cl)c2N)CC1. The first kappa shape index (κ1) is 12.4. The molecule has 0 amide bonds. The maximum atomic E-state index is 9.54. The Morgan fingerprint density at radius 3 is 2.71 bits per heavy atom. The van der Waals surface area contributed by atoms with E-state index in [2.05, 4.69) is 14.9 Å². The van der Waals surface area contributed by atoms with E-state index >= 15 is 0 Å². The van der Waals surface area contributed by atoms with Gasteiger partial charge in [0.2, 0.25) is 0 Å². The molecule has 0 aliphatic carbocycles. The van der Waals surface area contributed by atoms with Crippen molar-refractivity contribution in [2.75, 3.05) is 23.7 Å². The van der Waals surface area contributed by atoms with Crippen molar-refractivity contribution in [2.45, 2.75) is 25.9 Å². The molecule has 0 radical (unpaired) electrons. The van der Waals surface area contributed by atoms with E-state index in [4.69, 9.17) is 17.3 Å². The van der Waals surface area contributed by atoms with Gasteiger partial charge in [0, 0.05) is 13.1 Å². The Bertz CT molecular complexity index is 391. The molecule has 2 heterocycles. The number of nitrogen functional groups attached to an aromatic ring is 1. The third-order valence-electron chi connectivity index (χ3n) is 3.34. The maximum Gasteiger partial charge on any atom is 0.157 e. The van der Waals surface area contributed by atoms with Crippen LogP contribution in [0.3, 0.4) is 0 Å². The zero-order valence-corrected chi connectivity index (χ0v) is 10.6. The molecule has 1 atom stereocenters. The van der Waals surface area contributed by atoms with Gasteiger partial charge < -0.3 is 15.7 Å². The van der Waals surface area contributed by atoms with Crippen LogP contribution >= 0.6 is 11.6 Å². The molecule has 2 rings (SSSR count). The molecule has 0 saturated carbocycles. The Kier molecular flexibility index (Phi) is 3.69. The van der Waals surface area contributed by atoms with Gasteiger partial charge in [-0.25, -0.2) is 9.97 Å². The van der Waals surface area contributed by atoms with E-state index in [0.717, 1.165) is 25.9 Å². The van der Waals surface area contributed by atoms with Crippen molar-refractivity contribution in [3.8, 4) is 0 Å². The molecule has 1 saturated heterocycles. The van der Waals surface area contributed by atoms with E-state index in [-0.39, 0.29) is 6.10 Å². The average molecular weight is 257 g/mol. The van der Waals surface area contributed by atoms with Gasteiger partial charge in [-0.2, -0.15) is 0 Å². The molecule has 3 N–H and O–H groups in total. The van der Waals surface area contributed by atoms with Crippen LogP contribution in [-0.2, 0) is 0 Å². The molecule has 5 nitrogen and oxygen atoms in total. The molecule has 94 valence electrons. The summed E-state index contributed by atoms with van der Waals surface area (Å²) in [6.45, 7) is 3.52. The highest BCUT2D eigenvalue weighted by atomic mass is 35.5. The van der Waals surface area contributed by atoms with Crippen LogP contribution in [0.15, 0.2) is 6.33 Å². The summed E-state index contributed by atoms with van der Waals surface area (Å²) in [6.07, 6.45) is 3.06. The minimum atomic E-state index is -0.247. The number of piperidine rings is 1. The summed E-state index contributed by atoms with van der Waals surface area (Å²) in [6, 6.07) is 0. The van der Waals surface area contributed by atoms with E-state index < -0.39 is 0 Å². The first-order chi connectivity index (χ1) is 8.09. The van der Waals surface area contributed by atoms with Crippen LogP contribution in [0.4, 0.5) is 11.5 Å². The molecule has 1 fully saturated rings. The number of aliphatic hydroxyl groups excluding tert-OH is 1. The first-order valence-corrected chi connectivity index (χ1v) is 6.16. The number of nitrogens with zero attached hydrogens (tertiary/aromatic N) is 3. The van der Waals surface area contributed by atoms with Crippen molar-refractivity contribution in [2.24, 2.45) is 5.92 Å². The van der Waals surface area contributed by atoms with Gasteiger partial charge >= 0.3 is 0 Å². The van der Waals surface area contributed by atoms with E-state index in [0.29, 0.717) is 22.6 Å². The monoisotopic (exact) mass is 256 g/mol. The van der Waals surface area contributed by atoms with Gasteiger partial charge in [-0.1, -0.05) is 11.6 Å². The fourth-order valence-corrected chi connectivity index (χ4v) is 2.34. The summed E-state index contributed by atoms with van der Waals surface area (Å²) in [5, 5.41) is 9.84. The van der Waals surface area contributed by atoms with Crippen LogP contribution in [0.25, 0.3) is 0 Å². The first-order valence-electron chi connectivity index (χ1n) is 5.78. The fraction of sp³-hybridized carbons (Fsp3) is 0.636. The van der Waals surface area contributed by atoms with Crippen molar-refractivity contribution in [3.63, 3.8) is 0 Å². The summed E-state index contributed by atoms with van der Waals surface area (Å²) >= 11 is 5.87. The van der Waals surface area contributed by atoms with Crippen LogP contribution in [-0.4, -0.2) is 34.3 Å². The van der Waals surface area contributed by atoms with Crippen molar-refractivity contribution >= 4 is 23.1 Å². The van der Waals surface area contributed by atoms with Crippen molar-refractivity contribution in [1.82, 2.24) is 9.97 Å². The highest BCUT2D eigenvalue weighted by Crippen LogP contribution is 2.30. The predicted molar refractivity (Wildman–Crippen MR) is 68.1 cm³/mol. The summed E-state index contributed by atoms with van der Waals surface area (Å²) in [5.41, 5.74) is 6.29. The Labute approximate surface area is 106 Å². The van der Waals surface area contributed by atoms with E-state index in [9.17, 15) is 5.11 Å². The second kappa shape index (κ2) is 5.06. The molecule has 17 heavy (non-hydrogen) atoms. The predicted octanol–water partition coefficient (Wildman–Crippen LogP) is 1.31. The number of hydrogen-bond donors (Lipinski definition) is 2. The Morgan fingerprint density at radius 2 is 2.12 bits per heavy atom. The van der Waals surface area contributed by atoms with E-state index in [1.165, 1.54) is 6.33 Å². The van der Waals surface area contributed by atoms with Crippen LogP contribution in [0.1, 0.15) is 19.8 Å². The zero-order chi connectivity index (χ0) is 12.4. The van der Waals surface area contributed by atoms with Gasteiger partial charge in [-0.3, -0.25) is 0 Å². The van der Waals surface area contributed by atoms with Crippen molar-refractivity contribution in [1.29, 1.82) is 0 Å². The molecule has 1 aromatic rings. The number of nitrogens with two attached hydrogens (primary N) is 1. The zero-order valence-electron chi connectivity index (χ0n) is 9.80. The lowest BCUT2D eigenvalue weighted by Gasteiger charge is -2.34. The summed E-state index contributed by atoms with van der Waals surface area (Å²) in [4.78, 5) is 10.1. The number of anilines is 2. The van der Waals surface area contributed by atoms with Crippen LogP contribution in [0, 0.1) is 5.92 Å². The quantitative estimate of drug-likeness (QED) is 0.781. The molecule has 1 unspecified atom stereocenters. The number of aromatic nitrogens is 2. The molecular weight excluding hydrogens is 240 g/mol. The summed E-state index contributed by atoms with van der Waals surface area (Å²) in [5.74, 6) is 1.07. The topological polar surface area (TPSA) is 75.3 Å².